The predicted octanol–water partition coefficient (Wildman–Crippen LogP) is 5.27. The fourth-order valence-electron chi connectivity index (χ4n) is 3.43. The van der Waals surface area contributed by atoms with Crippen molar-refractivity contribution in [3.05, 3.63) is 70.2 Å². The monoisotopic (exact) mass is 462 g/mol. The van der Waals surface area contributed by atoms with E-state index in [0.717, 1.165) is 28.4 Å². The Hall–Kier alpha value is -1.69. The molecule has 0 radical (unpaired) electrons. The van der Waals surface area contributed by atoms with Gasteiger partial charge in [0.05, 0.1) is 20.3 Å². The van der Waals surface area contributed by atoms with Crippen LogP contribution in [0.1, 0.15) is 44.2 Å². The third kappa shape index (κ3) is 6.66. The SMILES string of the molecule is COC(=O)C(CCCC(C)(C)CO)(COCc1ccccc1)c1cccc(Br)c1. The lowest BCUT2D eigenvalue weighted by atomic mass is 9.75. The van der Waals surface area contributed by atoms with Crippen LogP contribution in [-0.4, -0.2) is 31.4 Å². The van der Waals surface area contributed by atoms with Crippen molar-refractivity contribution in [2.24, 2.45) is 5.41 Å². The first-order chi connectivity index (χ1) is 13.8. The van der Waals surface area contributed by atoms with Crippen LogP contribution in [0.2, 0.25) is 0 Å². The van der Waals surface area contributed by atoms with Crippen LogP contribution in [0.3, 0.4) is 0 Å². The lowest BCUT2D eigenvalue weighted by molar-refractivity contribution is -0.151. The highest BCUT2D eigenvalue weighted by atomic mass is 79.9. The number of ether oxygens (including phenoxy) is 2. The van der Waals surface area contributed by atoms with E-state index in [-0.39, 0.29) is 24.6 Å². The van der Waals surface area contributed by atoms with Gasteiger partial charge in [-0.25, -0.2) is 0 Å². The van der Waals surface area contributed by atoms with Gasteiger partial charge in [0.2, 0.25) is 0 Å². The van der Waals surface area contributed by atoms with Crippen molar-refractivity contribution in [2.75, 3.05) is 20.3 Å². The van der Waals surface area contributed by atoms with Crippen LogP contribution >= 0.6 is 15.9 Å². The Morgan fingerprint density at radius 2 is 1.79 bits per heavy atom. The summed E-state index contributed by atoms with van der Waals surface area (Å²) in [6.45, 7) is 4.82. The quantitative estimate of drug-likeness (QED) is 0.462. The molecule has 4 nitrogen and oxygen atoms in total. The number of halogens is 1. The molecule has 0 aliphatic heterocycles. The molecule has 0 aliphatic carbocycles. The number of aliphatic hydroxyl groups excluding tert-OH is 1. The van der Waals surface area contributed by atoms with Crippen LogP contribution in [0, 0.1) is 5.41 Å². The average molecular weight is 463 g/mol. The fourth-order valence-corrected chi connectivity index (χ4v) is 3.82. The number of hydrogen-bond acceptors (Lipinski definition) is 4. The molecule has 2 aromatic carbocycles. The third-order valence-electron chi connectivity index (χ3n) is 5.30. The first-order valence-corrected chi connectivity index (χ1v) is 10.7. The summed E-state index contributed by atoms with van der Waals surface area (Å²) in [6.07, 6.45) is 2.15. The largest absolute Gasteiger partial charge is 0.468 e. The molecule has 0 fully saturated rings. The van der Waals surface area contributed by atoms with Gasteiger partial charge < -0.3 is 14.6 Å². The highest BCUT2D eigenvalue weighted by Crippen LogP contribution is 2.36. The summed E-state index contributed by atoms with van der Waals surface area (Å²) in [7, 11) is 1.42. The molecule has 0 aliphatic rings. The second-order valence-electron chi connectivity index (χ2n) is 8.24. The summed E-state index contributed by atoms with van der Waals surface area (Å²) in [4.78, 5) is 13.0. The Balaban J connectivity index is 2.27. The van der Waals surface area contributed by atoms with Crippen molar-refractivity contribution in [1.29, 1.82) is 0 Å². The van der Waals surface area contributed by atoms with Crippen LogP contribution in [0.5, 0.6) is 0 Å². The minimum Gasteiger partial charge on any atom is -0.468 e. The van der Waals surface area contributed by atoms with Gasteiger partial charge in [0, 0.05) is 11.1 Å². The van der Waals surface area contributed by atoms with E-state index in [1.807, 2.05) is 68.4 Å². The van der Waals surface area contributed by atoms with Crippen molar-refractivity contribution in [3.63, 3.8) is 0 Å². The van der Waals surface area contributed by atoms with Crippen molar-refractivity contribution in [3.8, 4) is 0 Å². The van der Waals surface area contributed by atoms with Gasteiger partial charge in [0.25, 0.3) is 0 Å². The van der Waals surface area contributed by atoms with E-state index < -0.39 is 5.41 Å². The zero-order chi connectivity index (χ0) is 21.3. The molecular formula is C24H31BrO4. The Kier molecular flexibility index (Phi) is 8.87. The molecule has 1 unspecified atom stereocenters. The molecule has 1 N–H and O–H groups in total. The number of esters is 1. The second kappa shape index (κ2) is 10.9. The van der Waals surface area contributed by atoms with Gasteiger partial charge in [-0.1, -0.05) is 78.7 Å². The summed E-state index contributed by atoms with van der Waals surface area (Å²) in [6, 6.07) is 17.7. The van der Waals surface area contributed by atoms with E-state index in [1.165, 1.54) is 7.11 Å². The molecule has 5 heteroatoms. The maximum atomic E-state index is 13.0. The zero-order valence-electron chi connectivity index (χ0n) is 17.5. The van der Waals surface area contributed by atoms with Gasteiger partial charge in [-0.15, -0.1) is 0 Å². The van der Waals surface area contributed by atoms with Gasteiger partial charge >= 0.3 is 5.97 Å². The smallest absolute Gasteiger partial charge is 0.318 e. The number of rotatable bonds is 11. The average Bonchev–Trinajstić information content (AvgIpc) is 2.72. The number of hydrogen-bond donors (Lipinski definition) is 1. The molecule has 2 aromatic rings. The van der Waals surface area contributed by atoms with Gasteiger partial charge in [-0.05, 0) is 41.5 Å². The molecule has 0 amide bonds. The van der Waals surface area contributed by atoms with E-state index in [1.54, 1.807) is 0 Å². The molecule has 0 bridgehead atoms. The van der Waals surface area contributed by atoms with Gasteiger partial charge in [0.1, 0.15) is 5.41 Å². The van der Waals surface area contributed by atoms with Gasteiger partial charge in [-0.3, -0.25) is 4.79 Å². The molecule has 158 valence electrons. The molecule has 0 heterocycles. The van der Waals surface area contributed by atoms with Crippen molar-refractivity contribution >= 4 is 21.9 Å². The molecule has 0 aromatic heterocycles. The van der Waals surface area contributed by atoms with Gasteiger partial charge in [-0.2, -0.15) is 0 Å². The van der Waals surface area contributed by atoms with E-state index in [9.17, 15) is 9.90 Å². The summed E-state index contributed by atoms with van der Waals surface area (Å²) < 4.78 is 12.2. The maximum absolute atomic E-state index is 13.0. The molecule has 0 spiro atoms. The van der Waals surface area contributed by atoms with Crippen molar-refractivity contribution in [1.82, 2.24) is 0 Å². The molecular weight excluding hydrogens is 432 g/mol. The molecule has 2 rings (SSSR count). The summed E-state index contributed by atoms with van der Waals surface area (Å²) in [5.74, 6) is -0.300. The van der Waals surface area contributed by atoms with Gasteiger partial charge in [0.15, 0.2) is 0 Å². The summed E-state index contributed by atoms with van der Waals surface area (Å²) in [5, 5.41) is 9.58. The summed E-state index contributed by atoms with van der Waals surface area (Å²) >= 11 is 3.52. The number of carbonyl (C=O) groups excluding carboxylic acids is 1. The highest BCUT2D eigenvalue weighted by Gasteiger charge is 2.42. The van der Waals surface area contributed by atoms with Crippen LogP contribution in [-0.2, 0) is 26.3 Å². The minimum atomic E-state index is -0.904. The number of aliphatic hydroxyl groups is 1. The summed E-state index contributed by atoms with van der Waals surface area (Å²) in [5.41, 5.74) is 0.832. The topological polar surface area (TPSA) is 55.8 Å². The fraction of sp³-hybridized carbons (Fsp3) is 0.458. The zero-order valence-corrected chi connectivity index (χ0v) is 19.1. The first-order valence-electron chi connectivity index (χ1n) is 9.90. The third-order valence-corrected chi connectivity index (χ3v) is 5.79. The molecule has 0 saturated carbocycles. The normalized spacial score (nSPS) is 13.7. The Morgan fingerprint density at radius 1 is 1.07 bits per heavy atom. The standard InChI is InChI=1S/C24H31BrO4/c1-23(2,17-26)13-8-14-24(22(27)28-3,20-11-7-12-21(25)15-20)18-29-16-19-9-5-4-6-10-19/h4-7,9-12,15,26H,8,13-14,16-18H2,1-3H3. The van der Waals surface area contributed by atoms with E-state index in [0.29, 0.717) is 13.0 Å². The lowest BCUT2D eigenvalue weighted by Gasteiger charge is -2.33. The van der Waals surface area contributed by atoms with Crippen molar-refractivity contribution in [2.45, 2.75) is 45.1 Å². The van der Waals surface area contributed by atoms with Crippen LogP contribution in [0.4, 0.5) is 0 Å². The van der Waals surface area contributed by atoms with Crippen LogP contribution in [0.25, 0.3) is 0 Å². The Labute approximate surface area is 182 Å². The predicted molar refractivity (Wildman–Crippen MR) is 119 cm³/mol. The first kappa shape index (κ1) is 23.6. The van der Waals surface area contributed by atoms with Crippen LogP contribution < -0.4 is 0 Å². The Morgan fingerprint density at radius 3 is 2.41 bits per heavy atom. The molecule has 0 saturated heterocycles. The number of carbonyl (C=O) groups is 1. The molecule has 29 heavy (non-hydrogen) atoms. The molecule has 1 atom stereocenters. The maximum Gasteiger partial charge on any atom is 0.318 e. The second-order valence-corrected chi connectivity index (χ2v) is 9.15. The van der Waals surface area contributed by atoms with Crippen molar-refractivity contribution < 1.29 is 19.4 Å². The Bertz CT molecular complexity index is 775. The lowest BCUT2D eigenvalue weighted by Crippen LogP contribution is -2.42. The van der Waals surface area contributed by atoms with E-state index in [4.69, 9.17) is 9.47 Å². The number of benzene rings is 2. The highest BCUT2D eigenvalue weighted by molar-refractivity contribution is 9.10. The van der Waals surface area contributed by atoms with E-state index in [2.05, 4.69) is 15.9 Å². The minimum absolute atomic E-state index is 0.111. The van der Waals surface area contributed by atoms with E-state index >= 15 is 0 Å². The number of methoxy groups -OCH3 is 1. The van der Waals surface area contributed by atoms with Crippen LogP contribution in [0.15, 0.2) is 59.1 Å².